The normalized spacial score (nSPS) is 11.1. The number of fused-ring (bicyclic) bond motifs is 1. The maximum absolute atomic E-state index is 12.9. The van der Waals surface area contributed by atoms with Crippen LogP contribution in [-0.2, 0) is 13.1 Å². The summed E-state index contributed by atoms with van der Waals surface area (Å²) in [5.41, 5.74) is 2.77. The van der Waals surface area contributed by atoms with Crippen LogP contribution in [0.1, 0.15) is 19.4 Å². The number of hydrogen-bond donors (Lipinski definition) is 2. The molecule has 0 saturated carbocycles. The van der Waals surface area contributed by atoms with Crippen molar-refractivity contribution in [2.45, 2.75) is 26.9 Å². The first-order valence-electron chi connectivity index (χ1n) is 9.89. The number of carbonyl (C=O) groups is 1. The third-order valence-electron chi connectivity index (χ3n) is 4.79. The molecule has 29 heavy (non-hydrogen) atoms. The molecule has 0 radical (unpaired) electrons. The van der Waals surface area contributed by atoms with Crippen molar-refractivity contribution >= 4 is 22.6 Å². The fraction of sp³-hybridized carbons (Fsp3) is 0.348. The van der Waals surface area contributed by atoms with E-state index in [1.807, 2.05) is 42.5 Å². The lowest BCUT2D eigenvalue weighted by Gasteiger charge is -2.23. The van der Waals surface area contributed by atoms with E-state index in [9.17, 15) is 9.90 Å². The molecule has 0 unspecified atom stereocenters. The minimum Gasteiger partial charge on any atom is -0.496 e. The van der Waals surface area contributed by atoms with Crippen LogP contribution in [0.2, 0.25) is 0 Å². The van der Waals surface area contributed by atoms with Crippen LogP contribution in [0.3, 0.4) is 0 Å². The van der Waals surface area contributed by atoms with Gasteiger partial charge in [-0.05, 0) is 36.2 Å². The third kappa shape index (κ3) is 5.09. The quantitative estimate of drug-likeness (QED) is 0.596. The molecule has 3 rings (SSSR count). The van der Waals surface area contributed by atoms with E-state index in [2.05, 4.69) is 36.0 Å². The maximum atomic E-state index is 12.9. The van der Waals surface area contributed by atoms with Crippen molar-refractivity contribution < 1.29 is 14.6 Å². The van der Waals surface area contributed by atoms with Gasteiger partial charge in [-0.15, -0.1) is 0 Å². The topological polar surface area (TPSA) is 66.7 Å². The molecule has 154 valence electrons. The number of anilines is 1. The number of aromatic nitrogens is 1. The second-order valence-electron chi connectivity index (χ2n) is 7.52. The summed E-state index contributed by atoms with van der Waals surface area (Å²) in [6.45, 7) is 5.81. The molecule has 1 heterocycles. The van der Waals surface area contributed by atoms with Crippen molar-refractivity contribution in [2.24, 2.45) is 5.92 Å². The van der Waals surface area contributed by atoms with Gasteiger partial charge < -0.3 is 24.6 Å². The van der Waals surface area contributed by atoms with Gasteiger partial charge in [0.25, 0.3) is 0 Å². The summed E-state index contributed by atoms with van der Waals surface area (Å²) in [6, 6.07) is 15.3. The number of benzene rings is 2. The van der Waals surface area contributed by atoms with Crippen LogP contribution < -0.4 is 10.1 Å². The Labute approximate surface area is 171 Å². The Morgan fingerprint density at radius 3 is 2.72 bits per heavy atom. The second kappa shape index (κ2) is 9.47. The van der Waals surface area contributed by atoms with Crippen LogP contribution in [0.15, 0.2) is 54.7 Å². The summed E-state index contributed by atoms with van der Waals surface area (Å²) in [4.78, 5) is 14.4. The second-order valence-corrected chi connectivity index (χ2v) is 7.52. The monoisotopic (exact) mass is 395 g/mol. The highest BCUT2D eigenvalue weighted by Crippen LogP contribution is 2.23. The zero-order valence-electron chi connectivity index (χ0n) is 17.3. The van der Waals surface area contributed by atoms with E-state index in [0.717, 1.165) is 34.4 Å². The molecule has 0 aliphatic heterocycles. The van der Waals surface area contributed by atoms with Crippen molar-refractivity contribution in [1.82, 2.24) is 9.47 Å². The minimum absolute atomic E-state index is 0.111. The number of nitrogens with zero attached hydrogens (tertiary/aromatic N) is 2. The molecule has 0 spiro atoms. The minimum atomic E-state index is -0.258. The molecular formula is C23H29N3O3. The van der Waals surface area contributed by atoms with Crippen molar-refractivity contribution in [2.75, 3.05) is 25.6 Å². The number of aliphatic hydroxyl groups is 1. The number of rotatable bonds is 8. The van der Waals surface area contributed by atoms with Crippen LogP contribution in [0.4, 0.5) is 10.5 Å². The molecule has 0 aliphatic rings. The molecule has 0 atom stereocenters. The Morgan fingerprint density at radius 1 is 1.21 bits per heavy atom. The van der Waals surface area contributed by atoms with Gasteiger partial charge in [-0.2, -0.15) is 0 Å². The van der Waals surface area contributed by atoms with Crippen molar-refractivity contribution in [3.63, 3.8) is 0 Å². The number of hydrogen-bond acceptors (Lipinski definition) is 3. The largest absolute Gasteiger partial charge is 0.496 e. The number of carbonyl (C=O) groups excluding carboxylic acids is 1. The van der Waals surface area contributed by atoms with E-state index in [1.54, 1.807) is 12.0 Å². The van der Waals surface area contributed by atoms with Crippen molar-refractivity contribution in [3.8, 4) is 5.75 Å². The van der Waals surface area contributed by atoms with Gasteiger partial charge in [-0.3, -0.25) is 0 Å². The van der Waals surface area contributed by atoms with Crippen molar-refractivity contribution in [3.05, 3.63) is 60.3 Å². The van der Waals surface area contributed by atoms with Gasteiger partial charge in [0.05, 0.1) is 20.3 Å². The van der Waals surface area contributed by atoms with Crippen LogP contribution in [-0.4, -0.2) is 40.9 Å². The number of ether oxygens (including phenoxy) is 1. The lowest BCUT2D eigenvalue weighted by Crippen LogP contribution is -2.36. The van der Waals surface area contributed by atoms with Gasteiger partial charge in [0, 0.05) is 41.4 Å². The Balaban J connectivity index is 1.75. The van der Waals surface area contributed by atoms with Gasteiger partial charge in [0.15, 0.2) is 0 Å². The molecular weight excluding hydrogens is 366 g/mol. The number of nitrogens with one attached hydrogen (secondary N) is 1. The predicted molar refractivity (Wildman–Crippen MR) is 116 cm³/mol. The number of methoxy groups -OCH3 is 1. The lowest BCUT2D eigenvalue weighted by molar-refractivity contribution is 0.184. The van der Waals surface area contributed by atoms with E-state index in [-0.39, 0.29) is 19.2 Å². The third-order valence-corrected chi connectivity index (χ3v) is 4.79. The lowest BCUT2D eigenvalue weighted by atomic mass is 10.2. The Hall–Kier alpha value is -2.99. The molecule has 3 aromatic rings. The molecule has 2 amide bonds. The molecule has 6 heteroatoms. The average Bonchev–Trinajstić information content (AvgIpc) is 3.09. The summed E-state index contributed by atoms with van der Waals surface area (Å²) >= 11 is 0. The first-order valence-corrected chi connectivity index (χ1v) is 9.89. The summed E-state index contributed by atoms with van der Waals surface area (Å²) in [5.74, 6) is 1.28. The van der Waals surface area contributed by atoms with Crippen LogP contribution in [0.5, 0.6) is 5.75 Å². The highest BCUT2D eigenvalue weighted by molar-refractivity contribution is 5.93. The van der Waals surface area contributed by atoms with Crippen molar-refractivity contribution in [1.29, 1.82) is 0 Å². The fourth-order valence-corrected chi connectivity index (χ4v) is 3.45. The van der Waals surface area contributed by atoms with E-state index < -0.39 is 0 Å². The summed E-state index contributed by atoms with van der Waals surface area (Å²) < 4.78 is 7.60. The molecule has 0 fully saturated rings. The standard InChI is InChI=1S/C23H29N3O3/c1-17(2)15-25-11-10-18-14-20(8-9-21(18)25)24-23(28)26(12-13-27)16-19-6-4-5-7-22(19)29-3/h4-11,14,17,27H,12-13,15-16H2,1-3H3,(H,24,28). The highest BCUT2D eigenvalue weighted by Gasteiger charge is 2.16. The molecule has 2 aromatic carbocycles. The average molecular weight is 396 g/mol. The zero-order chi connectivity index (χ0) is 20.8. The smallest absolute Gasteiger partial charge is 0.322 e. The first-order chi connectivity index (χ1) is 14.0. The number of aliphatic hydroxyl groups excluding tert-OH is 1. The van der Waals surface area contributed by atoms with Gasteiger partial charge in [0.1, 0.15) is 5.75 Å². The Morgan fingerprint density at radius 2 is 2.00 bits per heavy atom. The van der Waals surface area contributed by atoms with Crippen LogP contribution in [0.25, 0.3) is 10.9 Å². The molecule has 2 N–H and O–H groups in total. The SMILES string of the molecule is COc1ccccc1CN(CCO)C(=O)Nc1ccc2c(ccn2CC(C)C)c1. The molecule has 0 aliphatic carbocycles. The Bertz CT molecular complexity index is 965. The highest BCUT2D eigenvalue weighted by atomic mass is 16.5. The maximum Gasteiger partial charge on any atom is 0.322 e. The summed E-state index contributed by atoms with van der Waals surface area (Å²) in [5, 5.41) is 13.5. The van der Waals surface area contributed by atoms with E-state index >= 15 is 0 Å². The van der Waals surface area contributed by atoms with Gasteiger partial charge in [-0.25, -0.2) is 4.79 Å². The molecule has 0 saturated heterocycles. The summed E-state index contributed by atoms with van der Waals surface area (Å²) in [6.07, 6.45) is 2.08. The van der Waals surface area contributed by atoms with Crippen LogP contribution in [0, 0.1) is 5.92 Å². The molecule has 0 bridgehead atoms. The predicted octanol–water partition coefficient (Wildman–Crippen LogP) is 4.33. The number of para-hydroxylation sites is 1. The zero-order valence-corrected chi connectivity index (χ0v) is 17.3. The number of urea groups is 1. The Kier molecular flexibility index (Phi) is 6.77. The van der Waals surface area contributed by atoms with E-state index in [0.29, 0.717) is 12.5 Å². The fourth-order valence-electron chi connectivity index (χ4n) is 3.45. The molecule has 1 aromatic heterocycles. The van der Waals surface area contributed by atoms with E-state index in [1.165, 1.54) is 0 Å². The van der Waals surface area contributed by atoms with Gasteiger partial charge in [-0.1, -0.05) is 32.0 Å². The van der Waals surface area contributed by atoms with Gasteiger partial charge >= 0.3 is 6.03 Å². The van der Waals surface area contributed by atoms with E-state index in [4.69, 9.17) is 4.74 Å². The van der Waals surface area contributed by atoms with Crippen LogP contribution >= 0.6 is 0 Å². The first kappa shape index (κ1) is 20.7. The number of amides is 2. The van der Waals surface area contributed by atoms with Gasteiger partial charge in [0.2, 0.25) is 0 Å². The summed E-state index contributed by atoms with van der Waals surface area (Å²) in [7, 11) is 1.61. The molecule has 6 nitrogen and oxygen atoms in total.